The number of hydrogen-bond donors (Lipinski definition) is 2. The smallest absolute Gasteiger partial charge is 0.172 e. The first-order valence-electron chi connectivity index (χ1n) is 3.45. The van der Waals surface area contributed by atoms with E-state index in [4.69, 9.17) is 0 Å². The maximum atomic E-state index is 11.1. The van der Waals surface area contributed by atoms with Gasteiger partial charge in [-0.2, -0.15) is 0 Å². The van der Waals surface area contributed by atoms with Crippen molar-refractivity contribution < 1.29 is 16.8 Å². The van der Waals surface area contributed by atoms with E-state index in [1.807, 2.05) is 0 Å². The highest BCUT2D eigenvalue weighted by molar-refractivity contribution is 8.02. The maximum Gasteiger partial charge on any atom is 0.172 e. The van der Waals surface area contributed by atoms with Gasteiger partial charge in [-0.3, -0.25) is 0 Å². The Hall–Kier alpha value is -0.140. The standard InChI is InChI=1S/C5H13NO4S2/c1-3-12(9,10)5(4-6-2)11(7)8/h5-6,11H,3-4H2,1-2H3. The minimum Gasteiger partial charge on any atom is -0.317 e. The molecule has 7 heteroatoms. The van der Waals surface area contributed by atoms with E-state index >= 15 is 0 Å². The summed E-state index contributed by atoms with van der Waals surface area (Å²) in [5.74, 6) is -0.150. The van der Waals surface area contributed by atoms with Gasteiger partial charge in [0.1, 0.15) is 0 Å². The SMILES string of the molecule is CCS(=O)(=O)C(CNC)[SH](=O)=O. The van der Waals surface area contributed by atoms with Gasteiger partial charge < -0.3 is 5.32 Å². The molecule has 0 bridgehead atoms. The van der Waals surface area contributed by atoms with E-state index in [0.717, 1.165) is 0 Å². The van der Waals surface area contributed by atoms with E-state index in [0.29, 0.717) is 0 Å². The van der Waals surface area contributed by atoms with Gasteiger partial charge in [0.2, 0.25) is 0 Å². The van der Waals surface area contributed by atoms with Crippen molar-refractivity contribution in [2.24, 2.45) is 0 Å². The lowest BCUT2D eigenvalue weighted by Gasteiger charge is -2.08. The molecule has 0 spiro atoms. The normalized spacial score (nSPS) is 14.9. The Morgan fingerprint density at radius 1 is 1.42 bits per heavy atom. The lowest BCUT2D eigenvalue weighted by molar-refractivity contribution is 0.579. The van der Waals surface area contributed by atoms with Gasteiger partial charge in [0.25, 0.3) is 0 Å². The highest BCUT2D eigenvalue weighted by Gasteiger charge is 2.25. The van der Waals surface area contributed by atoms with Gasteiger partial charge in [0, 0.05) is 12.3 Å². The predicted octanol–water partition coefficient (Wildman–Crippen LogP) is -1.42. The van der Waals surface area contributed by atoms with Crippen LogP contribution in [0.25, 0.3) is 0 Å². The molecule has 0 radical (unpaired) electrons. The van der Waals surface area contributed by atoms with E-state index in [1.165, 1.54) is 14.0 Å². The van der Waals surface area contributed by atoms with Crippen LogP contribution < -0.4 is 5.32 Å². The molecule has 0 aliphatic rings. The Bertz CT molecular complexity index is 285. The lowest BCUT2D eigenvalue weighted by Crippen LogP contribution is -2.33. The highest BCUT2D eigenvalue weighted by atomic mass is 32.3. The average molecular weight is 215 g/mol. The van der Waals surface area contributed by atoms with Crippen molar-refractivity contribution in [3.63, 3.8) is 0 Å². The third kappa shape index (κ3) is 3.08. The van der Waals surface area contributed by atoms with Crippen LogP contribution in [0.5, 0.6) is 0 Å². The second kappa shape index (κ2) is 4.78. The van der Waals surface area contributed by atoms with E-state index in [2.05, 4.69) is 5.32 Å². The Labute approximate surface area is 74.0 Å². The molecule has 0 aromatic rings. The third-order valence-electron chi connectivity index (χ3n) is 1.43. The van der Waals surface area contributed by atoms with Gasteiger partial charge in [0.15, 0.2) is 25.1 Å². The number of hydrogen-bond acceptors (Lipinski definition) is 5. The number of nitrogens with one attached hydrogen (secondary N) is 1. The van der Waals surface area contributed by atoms with Crippen molar-refractivity contribution >= 4 is 20.5 Å². The molecule has 1 N–H and O–H groups in total. The monoisotopic (exact) mass is 215 g/mol. The van der Waals surface area contributed by atoms with Crippen molar-refractivity contribution in [3.8, 4) is 0 Å². The minimum absolute atomic E-state index is 0.0467. The van der Waals surface area contributed by atoms with Crippen LogP contribution in [-0.4, -0.2) is 40.8 Å². The zero-order valence-electron chi connectivity index (χ0n) is 6.98. The second-order valence-electron chi connectivity index (χ2n) is 2.25. The molecule has 0 saturated carbocycles. The molecule has 1 unspecified atom stereocenters. The molecule has 0 aromatic heterocycles. The minimum atomic E-state index is -3.48. The molecule has 0 fully saturated rings. The summed E-state index contributed by atoms with van der Waals surface area (Å²) in [6.07, 6.45) is 0. The summed E-state index contributed by atoms with van der Waals surface area (Å²) in [6.45, 7) is 1.38. The fourth-order valence-corrected chi connectivity index (χ4v) is 3.33. The highest BCUT2D eigenvalue weighted by Crippen LogP contribution is 2.01. The number of rotatable bonds is 5. The van der Waals surface area contributed by atoms with Crippen LogP contribution in [0.15, 0.2) is 0 Å². The molecule has 0 saturated heterocycles. The topological polar surface area (TPSA) is 80.3 Å². The molecule has 0 heterocycles. The van der Waals surface area contributed by atoms with Crippen molar-refractivity contribution in [2.45, 2.75) is 11.5 Å². The Morgan fingerprint density at radius 2 is 1.92 bits per heavy atom. The molecule has 0 aromatic carbocycles. The summed E-state index contributed by atoms with van der Waals surface area (Å²) in [5, 5.41) is 2.53. The Morgan fingerprint density at radius 3 is 2.17 bits per heavy atom. The van der Waals surface area contributed by atoms with Crippen molar-refractivity contribution in [3.05, 3.63) is 0 Å². The Balaban J connectivity index is 4.75. The first-order chi connectivity index (χ1) is 5.45. The molecule has 12 heavy (non-hydrogen) atoms. The number of sulfone groups is 1. The molecule has 0 amide bonds. The van der Waals surface area contributed by atoms with Gasteiger partial charge >= 0.3 is 0 Å². The van der Waals surface area contributed by atoms with Gasteiger partial charge in [-0.1, -0.05) is 6.92 Å². The van der Waals surface area contributed by atoms with Crippen LogP contribution in [0.4, 0.5) is 0 Å². The average Bonchev–Trinajstić information content (AvgIpc) is 1.99. The Kier molecular flexibility index (Phi) is 4.73. The lowest BCUT2D eigenvalue weighted by atomic mass is 10.7. The molecular weight excluding hydrogens is 202 g/mol. The molecule has 1 atom stereocenters. The summed E-state index contributed by atoms with van der Waals surface area (Å²) in [5.41, 5.74) is 0. The van der Waals surface area contributed by atoms with Crippen LogP contribution in [0.1, 0.15) is 6.92 Å². The van der Waals surface area contributed by atoms with Crippen molar-refractivity contribution in [1.29, 1.82) is 0 Å². The van der Waals surface area contributed by atoms with E-state index in [9.17, 15) is 16.8 Å². The van der Waals surface area contributed by atoms with Crippen LogP contribution in [-0.2, 0) is 20.5 Å². The van der Waals surface area contributed by atoms with Crippen LogP contribution >= 0.6 is 0 Å². The molecule has 0 aliphatic heterocycles. The summed E-state index contributed by atoms with van der Waals surface area (Å²) < 4.78 is 42.0. The molecule has 0 rings (SSSR count). The van der Waals surface area contributed by atoms with Crippen LogP contribution in [0.2, 0.25) is 0 Å². The van der Waals surface area contributed by atoms with Gasteiger partial charge in [-0.05, 0) is 7.05 Å². The quantitative estimate of drug-likeness (QED) is 0.550. The molecule has 5 nitrogen and oxygen atoms in total. The fraction of sp³-hybridized carbons (Fsp3) is 1.00. The zero-order valence-corrected chi connectivity index (χ0v) is 8.69. The largest absolute Gasteiger partial charge is 0.317 e. The van der Waals surface area contributed by atoms with Crippen molar-refractivity contribution in [1.82, 2.24) is 5.32 Å². The van der Waals surface area contributed by atoms with Gasteiger partial charge in [0.05, 0.1) is 0 Å². The summed E-state index contributed by atoms with van der Waals surface area (Å²) in [6, 6.07) is 0. The second-order valence-corrected chi connectivity index (χ2v) is 6.26. The third-order valence-corrected chi connectivity index (χ3v) is 5.36. The van der Waals surface area contributed by atoms with E-state index < -0.39 is 25.1 Å². The maximum absolute atomic E-state index is 11.1. The van der Waals surface area contributed by atoms with E-state index in [1.54, 1.807) is 0 Å². The molecule has 74 valence electrons. The predicted molar refractivity (Wildman–Crippen MR) is 47.5 cm³/mol. The number of thiol groups is 1. The summed E-state index contributed by atoms with van der Waals surface area (Å²) in [4.78, 5) is 0. The first-order valence-corrected chi connectivity index (χ1v) is 6.41. The van der Waals surface area contributed by atoms with Gasteiger partial charge in [-0.25, -0.2) is 16.8 Å². The van der Waals surface area contributed by atoms with E-state index in [-0.39, 0.29) is 12.3 Å². The summed E-state index contributed by atoms with van der Waals surface area (Å²) >= 11 is 0. The molecular formula is C5H13NO4S2. The molecule has 0 aliphatic carbocycles. The van der Waals surface area contributed by atoms with Crippen LogP contribution in [0.3, 0.4) is 0 Å². The van der Waals surface area contributed by atoms with Crippen LogP contribution in [0, 0.1) is 0 Å². The van der Waals surface area contributed by atoms with Crippen molar-refractivity contribution in [2.75, 3.05) is 19.3 Å². The first kappa shape index (κ1) is 11.9. The van der Waals surface area contributed by atoms with Gasteiger partial charge in [-0.15, -0.1) is 0 Å². The zero-order chi connectivity index (χ0) is 9.78. The summed E-state index contributed by atoms with van der Waals surface area (Å²) in [7, 11) is -4.88. The fourth-order valence-electron chi connectivity index (χ4n) is 0.700.